The van der Waals surface area contributed by atoms with Crippen LogP contribution in [0.3, 0.4) is 0 Å². The van der Waals surface area contributed by atoms with E-state index in [2.05, 4.69) is 0 Å². The zero-order valence-electron chi connectivity index (χ0n) is 13.7. The van der Waals surface area contributed by atoms with E-state index in [-0.39, 0.29) is 5.56 Å². The predicted octanol–water partition coefficient (Wildman–Crippen LogP) is 4.83. The molecule has 0 unspecified atom stereocenters. The summed E-state index contributed by atoms with van der Waals surface area (Å²) in [6, 6.07) is 23.1. The number of carboxylic acids is 1. The standard InChI is InChI=1S/C22H14O4/c23-20-13-16(12-19(26-20)15-7-2-1-3-8-15)18-11-10-14-6-4-5-9-17(14)21(18)22(24)25/h1-13H,(H,24,25). The van der Waals surface area contributed by atoms with Gasteiger partial charge in [-0.25, -0.2) is 9.59 Å². The average Bonchev–Trinajstić information content (AvgIpc) is 2.67. The normalized spacial score (nSPS) is 10.8. The van der Waals surface area contributed by atoms with E-state index in [1.165, 1.54) is 6.07 Å². The molecule has 0 radical (unpaired) electrons. The average molecular weight is 342 g/mol. The van der Waals surface area contributed by atoms with Gasteiger partial charge >= 0.3 is 11.6 Å². The fourth-order valence-corrected chi connectivity index (χ4v) is 3.12. The zero-order chi connectivity index (χ0) is 18.1. The minimum atomic E-state index is -1.04. The smallest absolute Gasteiger partial charge is 0.336 e. The van der Waals surface area contributed by atoms with Gasteiger partial charge in [-0.3, -0.25) is 0 Å². The van der Waals surface area contributed by atoms with Gasteiger partial charge in [0, 0.05) is 11.6 Å². The van der Waals surface area contributed by atoms with E-state index in [0.29, 0.717) is 22.3 Å². The molecule has 1 aromatic heterocycles. The van der Waals surface area contributed by atoms with E-state index in [4.69, 9.17) is 4.42 Å². The monoisotopic (exact) mass is 342 g/mol. The molecule has 126 valence electrons. The number of fused-ring (bicyclic) bond motifs is 1. The van der Waals surface area contributed by atoms with Crippen LogP contribution in [0.2, 0.25) is 0 Å². The Morgan fingerprint density at radius 2 is 1.54 bits per heavy atom. The van der Waals surface area contributed by atoms with Gasteiger partial charge in [-0.2, -0.15) is 0 Å². The molecule has 4 aromatic rings. The zero-order valence-corrected chi connectivity index (χ0v) is 13.7. The van der Waals surface area contributed by atoms with Gasteiger partial charge in [-0.05, 0) is 28.0 Å². The molecule has 0 amide bonds. The van der Waals surface area contributed by atoms with Crippen LogP contribution >= 0.6 is 0 Å². The summed E-state index contributed by atoms with van der Waals surface area (Å²) in [5.41, 5.74) is 1.41. The van der Waals surface area contributed by atoms with Crippen LogP contribution < -0.4 is 5.63 Å². The molecule has 0 spiro atoms. The van der Waals surface area contributed by atoms with Crippen LogP contribution in [0, 0.1) is 0 Å². The number of carboxylic acid groups (broad SMARTS) is 1. The summed E-state index contributed by atoms with van der Waals surface area (Å²) in [6.07, 6.45) is 0. The van der Waals surface area contributed by atoms with Crippen molar-refractivity contribution >= 4 is 16.7 Å². The van der Waals surface area contributed by atoms with Gasteiger partial charge in [0.05, 0.1) is 5.56 Å². The molecule has 0 atom stereocenters. The first-order valence-corrected chi connectivity index (χ1v) is 8.09. The van der Waals surface area contributed by atoms with Gasteiger partial charge < -0.3 is 9.52 Å². The van der Waals surface area contributed by atoms with Gasteiger partial charge in [0.15, 0.2) is 0 Å². The summed E-state index contributed by atoms with van der Waals surface area (Å²) in [6.45, 7) is 0. The maximum absolute atomic E-state index is 12.1. The van der Waals surface area contributed by atoms with E-state index < -0.39 is 11.6 Å². The maximum atomic E-state index is 12.1. The van der Waals surface area contributed by atoms with Crippen molar-refractivity contribution in [3.8, 4) is 22.5 Å². The third-order valence-corrected chi connectivity index (χ3v) is 4.28. The first kappa shape index (κ1) is 15.8. The van der Waals surface area contributed by atoms with Crippen molar-refractivity contribution in [1.82, 2.24) is 0 Å². The summed E-state index contributed by atoms with van der Waals surface area (Å²) in [4.78, 5) is 24.0. The second kappa shape index (κ2) is 6.33. The van der Waals surface area contributed by atoms with Crippen molar-refractivity contribution in [2.24, 2.45) is 0 Å². The number of aromatic carboxylic acids is 1. The Kier molecular flexibility index (Phi) is 3.86. The van der Waals surface area contributed by atoms with Crippen LogP contribution in [-0.2, 0) is 0 Å². The molecule has 3 aromatic carbocycles. The highest BCUT2D eigenvalue weighted by Crippen LogP contribution is 2.32. The van der Waals surface area contributed by atoms with Crippen molar-refractivity contribution in [3.05, 3.63) is 94.8 Å². The van der Waals surface area contributed by atoms with Gasteiger partial charge in [-0.15, -0.1) is 0 Å². The van der Waals surface area contributed by atoms with Crippen molar-refractivity contribution in [2.45, 2.75) is 0 Å². The number of benzene rings is 3. The van der Waals surface area contributed by atoms with E-state index in [1.807, 2.05) is 48.5 Å². The highest BCUT2D eigenvalue weighted by molar-refractivity contribution is 6.09. The molecule has 1 N–H and O–H groups in total. The minimum Gasteiger partial charge on any atom is -0.478 e. The Morgan fingerprint density at radius 3 is 2.31 bits per heavy atom. The lowest BCUT2D eigenvalue weighted by Gasteiger charge is -2.11. The van der Waals surface area contributed by atoms with E-state index in [1.54, 1.807) is 24.3 Å². The number of carbonyl (C=O) groups is 1. The summed E-state index contributed by atoms with van der Waals surface area (Å²) in [7, 11) is 0. The molecule has 0 aliphatic carbocycles. The maximum Gasteiger partial charge on any atom is 0.336 e. The SMILES string of the molecule is O=C(O)c1c(-c2cc(-c3ccccc3)oc(=O)c2)ccc2ccccc12. The second-order valence-electron chi connectivity index (χ2n) is 5.91. The summed E-state index contributed by atoms with van der Waals surface area (Å²) in [5, 5.41) is 11.2. The molecule has 0 saturated carbocycles. The molecule has 0 aliphatic rings. The van der Waals surface area contributed by atoms with Gasteiger partial charge in [0.1, 0.15) is 5.76 Å². The first-order chi connectivity index (χ1) is 12.6. The Balaban J connectivity index is 1.99. The van der Waals surface area contributed by atoms with Crippen LogP contribution in [0.4, 0.5) is 0 Å². The topological polar surface area (TPSA) is 67.5 Å². The molecule has 4 rings (SSSR count). The number of hydrogen-bond donors (Lipinski definition) is 1. The molecule has 4 nitrogen and oxygen atoms in total. The highest BCUT2D eigenvalue weighted by Gasteiger charge is 2.17. The van der Waals surface area contributed by atoms with Crippen LogP contribution in [0.5, 0.6) is 0 Å². The minimum absolute atomic E-state index is 0.174. The fourth-order valence-electron chi connectivity index (χ4n) is 3.12. The second-order valence-corrected chi connectivity index (χ2v) is 5.91. The van der Waals surface area contributed by atoms with Crippen LogP contribution in [0.1, 0.15) is 10.4 Å². The largest absolute Gasteiger partial charge is 0.478 e. The fraction of sp³-hybridized carbons (Fsp3) is 0. The van der Waals surface area contributed by atoms with Crippen molar-refractivity contribution in [3.63, 3.8) is 0 Å². The quantitative estimate of drug-likeness (QED) is 0.579. The Morgan fingerprint density at radius 1 is 0.808 bits per heavy atom. The van der Waals surface area contributed by atoms with Crippen molar-refractivity contribution in [1.29, 1.82) is 0 Å². The van der Waals surface area contributed by atoms with Gasteiger partial charge in [-0.1, -0.05) is 66.7 Å². The molecule has 0 aliphatic heterocycles. The number of hydrogen-bond acceptors (Lipinski definition) is 3. The van der Waals surface area contributed by atoms with E-state index in [9.17, 15) is 14.7 Å². The van der Waals surface area contributed by atoms with Gasteiger partial charge in [0.2, 0.25) is 0 Å². The third kappa shape index (κ3) is 2.78. The summed E-state index contributed by atoms with van der Waals surface area (Å²) in [5.74, 6) is -0.635. The van der Waals surface area contributed by atoms with E-state index in [0.717, 1.165) is 10.9 Å². The number of rotatable bonds is 3. The van der Waals surface area contributed by atoms with Crippen LogP contribution in [0.25, 0.3) is 33.2 Å². The summed E-state index contributed by atoms with van der Waals surface area (Å²) < 4.78 is 5.31. The molecule has 0 bridgehead atoms. The lowest BCUT2D eigenvalue weighted by molar-refractivity contribution is 0.0700. The predicted molar refractivity (Wildman–Crippen MR) is 100 cm³/mol. The molecule has 1 heterocycles. The first-order valence-electron chi connectivity index (χ1n) is 8.09. The molecule has 26 heavy (non-hydrogen) atoms. The molecular weight excluding hydrogens is 328 g/mol. The Labute approximate surface area is 149 Å². The lowest BCUT2D eigenvalue weighted by atomic mass is 9.94. The van der Waals surface area contributed by atoms with Crippen LogP contribution in [-0.4, -0.2) is 11.1 Å². The highest BCUT2D eigenvalue weighted by atomic mass is 16.4. The molecule has 4 heteroatoms. The van der Waals surface area contributed by atoms with Crippen LogP contribution in [0.15, 0.2) is 88.1 Å². The van der Waals surface area contributed by atoms with Gasteiger partial charge in [0.25, 0.3) is 0 Å². The molecule has 0 fully saturated rings. The molecular formula is C22H14O4. The Hall–Kier alpha value is -3.66. The summed E-state index contributed by atoms with van der Waals surface area (Å²) >= 11 is 0. The lowest BCUT2D eigenvalue weighted by Crippen LogP contribution is -2.04. The molecule has 0 saturated heterocycles. The third-order valence-electron chi connectivity index (χ3n) is 4.28. The van der Waals surface area contributed by atoms with E-state index >= 15 is 0 Å². The van der Waals surface area contributed by atoms with Crippen molar-refractivity contribution < 1.29 is 14.3 Å². The van der Waals surface area contributed by atoms with Crippen molar-refractivity contribution in [2.75, 3.05) is 0 Å². The Bertz CT molecular complexity index is 1170.